The Kier molecular flexibility index (Phi) is 4.38. The molecular weight excluding hydrogens is 226 g/mol. The van der Waals surface area contributed by atoms with Crippen LogP contribution in [0, 0.1) is 0 Å². The number of halogens is 1. The topological polar surface area (TPSA) is 52.3 Å². The number of carbonyl (C=O) groups is 1. The zero-order valence-electron chi connectivity index (χ0n) is 9.29. The third-order valence-electron chi connectivity index (χ3n) is 2.23. The second-order valence-electron chi connectivity index (χ2n) is 3.42. The SMILES string of the molecule is COC(=O)/C(Cc1ccccc1Cl)=C(/C)N. The first kappa shape index (κ1) is 12.6. The zero-order chi connectivity index (χ0) is 12.1. The second-order valence-corrected chi connectivity index (χ2v) is 3.83. The number of rotatable bonds is 3. The van der Waals surface area contributed by atoms with Crippen LogP contribution in [0.15, 0.2) is 35.5 Å². The minimum atomic E-state index is -0.417. The number of nitrogens with two attached hydrogens (primary N) is 1. The summed E-state index contributed by atoms with van der Waals surface area (Å²) in [6.07, 6.45) is 0.384. The van der Waals surface area contributed by atoms with E-state index in [-0.39, 0.29) is 0 Å². The molecule has 0 heterocycles. The van der Waals surface area contributed by atoms with Crippen LogP contribution in [0.25, 0.3) is 0 Å². The Morgan fingerprint density at radius 3 is 2.56 bits per heavy atom. The first-order chi connectivity index (χ1) is 7.56. The van der Waals surface area contributed by atoms with Crippen molar-refractivity contribution in [2.24, 2.45) is 5.73 Å². The van der Waals surface area contributed by atoms with Crippen LogP contribution in [0.5, 0.6) is 0 Å². The normalized spacial score (nSPS) is 11.9. The third kappa shape index (κ3) is 3.00. The van der Waals surface area contributed by atoms with E-state index in [0.717, 1.165) is 5.56 Å². The number of ether oxygens (including phenoxy) is 1. The molecule has 1 rings (SSSR count). The molecule has 0 spiro atoms. The average molecular weight is 240 g/mol. The maximum absolute atomic E-state index is 11.5. The van der Waals surface area contributed by atoms with Gasteiger partial charge in [-0.1, -0.05) is 29.8 Å². The Morgan fingerprint density at radius 1 is 1.44 bits per heavy atom. The Balaban J connectivity index is 2.99. The molecule has 0 aromatic heterocycles. The number of carbonyl (C=O) groups excluding carboxylic acids is 1. The van der Waals surface area contributed by atoms with Gasteiger partial charge in [-0.05, 0) is 18.6 Å². The van der Waals surface area contributed by atoms with Crippen molar-refractivity contribution < 1.29 is 9.53 Å². The van der Waals surface area contributed by atoms with Crippen LogP contribution in [0.2, 0.25) is 5.02 Å². The maximum Gasteiger partial charge on any atom is 0.335 e. The van der Waals surface area contributed by atoms with Crippen molar-refractivity contribution in [1.29, 1.82) is 0 Å². The maximum atomic E-state index is 11.5. The third-order valence-corrected chi connectivity index (χ3v) is 2.60. The summed E-state index contributed by atoms with van der Waals surface area (Å²) in [4.78, 5) is 11.5. The highest BCUT2D eigenvalue weighted by Gasteiger charge is 2.14. The van der Waals surface area contributed by atoms with Gasteiger partial charge in [0.1, 0.15) is 0 Å². The molecule has 3 nitrogen and oxygen atoms in total. The van der Waals surface area contributed by atoms with E-state index in [2.05, 4.69) is 4.74 Å². The lowest BCUT2D eigenvalue weighted by molar-refractivity contribution is -0.136. The highest BCUT2D eigenvalue weighted by Crippen LogP contribution is 2.19. The molecular formula is C12H14ClNO2. The molecule has 0 atom stereocenters. The van der Waals surface area contributed by atoms with E-state index < -0.39 is 5.97 Å². The Labute approximate surface area is 99.8 Å². The van der Waals surface area contributed by atoms with Gasteiger partial charge in [0.25, 0.3) is 0 Å². The molecule has 1 aromatic carbocycles. The first-order valence-electron chi connectivity index (χ1n) is 4.83. The highest BCUT2D eigenvalue weighted by molar-refractivity contribution is 6.31. The Hall–Kier alpha value is -1.48. The largest absolute Gasteiger partial charge is 0.466 e. The predicted molar refractivity (Wildman–Crippen MR) is 64.1 cm³/mol. The summed E-state index contributed by atoms with van der Waals surface area (Å²) >= 11 is 6.01. The lowest BCUT2D eigenvalue weighted by Gasteiger charge is -2.08. The predicted octanol–water partition coefficient (Wildman–Crippen LogP) is 2.29. The highest BCUT2D eigenvalue weighted by atomic mass is 35.5. The molecule has 86 valence electrons. The minimum absolute atomic E-state index is 0.384. The number of allylic oxidation sites excluding steroid dienone is 1. The molecule has 0 aliphatic carbocycles. The smallest absolute Gasteiger partial charge is 0.335 e. The number of benzene rings is 1. The van der Waals surface area contributed by atoms with Crippen LogP contribution in [-0.4, -0.2) is 13.1 Å². The molecule has 0 amide bonds. The summed E-state index contributed by atoms with van der Waals surface area (Å²) in [6.45, 7) is 1.67. The Morgan fingerprint density at radius 2 is 2.06 bits per heavy atom. The van der Waals surface area contributed by atoms with Gasteiger partial charge in [0, 0.05) is 17.1 Å². The van der Waals surface area contributed by atoms with Crippen molar-refractivity contribution in [2.75, 3.05) is 7.11 Å². The standard InChI is InChI=1S/C12H14ClNO2/c1-8(14)10(12(15)16-2)7-9-5-3-4-6-11(9)13/h3-6H,7,14H2,1-2H3/b10-8-. The van der Waals surface area contributed by atoms with E-state index in [1.54, 1.807) is 13.0 Å². The number of esters is 1. The summed E-state index contributed by atoms with van der Waals surface area (Å²) in [5.41, 5.74) is 7.39. The fraction of sp³-hybridized carbons (Fsp3) is 0.250. The molecule has 0 fully saturated rings. The van der Waals surface area contributed by atoms with Gasteiger partial charge >= 0.3 is 5.97 Å². The summed E-state index contributed by atoms with van der Waals surface area (Å²) in [5, 5.41) is 0.616. The molecule has 0 radical (unpaired) electrons. The molecule has 0 aliphatic heterocycles. The summed E-state index contributed by atoms with van der Waals surface area (Å²) in [6, 6.07) is 7.33. The quantitative estimate of drug-likeness (QED) is 0.650. The van der Waals surface area contributed by atoms with Gasteiger partial charge in [-0.2, -0.15) is 0 Å². The number of hydrogen-bond acceptors (Lipinski definition) is 3. The molecule has 16 heavy (non-hydrogen) atoms. The zero-order valence-corrected chi connectivity index (χ0v) is 10.0. The van der Waals surface area contributed by atoms with E-state index in [0.29, 0.717) is 22.7 Å². The molecule has 0 saturated carbocycles. The Bertz CT molecular complexity index is 423. The average Bonchev–Trinajstić information content (AvgIpc) is 2.26. The monoisotopic (exact) mass is 239 g/mol. The molecule has 0 saturated heterocycles. The molecule has 0 bridgehead atoms. The van der Waals surface area contributed by atoms with Gasteiger partial charge in [-0.25, -0.2) is 4.79 Å². The van der Waals surface area contributed by atoms with Crippen LogP contribution in [0.1, 0.15) is 12.5 Å². The van der Waals surface area contributed by atoms with E-state index in [1.807, 2.05) is 18.2 Å². The molecule has 4 heteroatoms. The van der Waals surface area contributed by atoms with Gasteiger partial charge in [0.15, 0.2) is 0 Å². The van der Waals surface area contributed by atoms with E-state index in [9.17, 15) is 4.79 Å². The van der Waals surface area contributed by atoms with Crippen LogP contribution in [-0.2, 0) is 16.0 Å². The fourth-order valence-electron chi connectivity index (χ4n) is 1.33. The van der Waals surface area contributed by atoms with Crippen molar-refractivity contribution in [3.8, 4) is 0 Å². The second kappa shape index (κ2) is 5.56. The fourth-order valence-corrected chi connectivity index (χ4v) is 1.53. The van der Waals surface area contributed by atoms with Crippen molar-refractivity contribution in [3.05, 3.63) is 46.1 Å². The van der Waals surface area contributed by atoms with E-state index >= 15 is 0 Å². The van der Waals surface area contributed by atoms with Crippen molar-refractivity contribution in [2.45, 2.75) is 13.3 Å². The summed E-state index contributed by atoms with van der Waals surface area (Å²) in [7, 11) is 1.33. The molecule has 2 N–H and O–H groups in total. The van der Waals surface area contributed by atoms with Gasteiger partial charge in [0.05, 0.1) is 12.7 Å². The van der Waals surface area contributed by atoms with E-state index in [1.165, 1.54) is 7.11 Å². The van der Waals surface area contributed by atoms with Gasteiger partial charge in [-0.15, -0.1) is 0 Å². The van der Waals surface area contributed by atoms with Gasteiger partial charge in [-0.3, -0.25) is 0 Å². The summed E-state index contributed by atoms with van der Waals surface area (Å²) in [5.74, 6) is -0.417. The molecule has 0 aliphatic rings. The van der Waals surface area contributed by atoms with E-state index in [4.69, 9.17) is 17.3 Å². The molecule has 0 unspecified atom stereocenters. The minimum Gasteiger partial charge on any atom is -0.466 e. The van der Waals surface area contributed by atoms with Gasteiger partial charge < -0.3 is 10.5 Å². The van der Waals surface area contributed by atoms with Crippen LogP contribution >= 0.6 is 11.6 Å². The van der Waals surface area contributed by atoms with Crippen LogP contribution in [0.3, 0.4) is 0 Å². The lowest BCUT2D eigenvalue weighted by atomic mass is 10.0. The van der Waals surface area contributed by atoms with Crippen LogP contribution < -0.4 is 5.73 Å². The van der Waals surface area contributed by atoms with Crippen molar-refractivity contribution >= 4 is 17.6 Å². The van der Waals surface area contributed by atoms with Crippen LogP contribution in [0.4, 0.5) is 0 Å². The van der Waals surface area contributed by atoms with Crippen molar-refractivity contribution in [1.82, 2.24) is 0 Å². The summed E-state index contributed by atoms with van der Waals surface area (Å²) < 4.78 is 4.67. The number of hydrogen-bond donors (Lipinski definition) is 1. The first-order valence-corrected chi connectivity index (χ1v) is 5.21. The molecule has 1 aromatic rings. The van der Waals surface area contributed by atoms with Crippen molar-refractivity contribution in [3.63, 3.8) is 0 Å². The number of methoxy groups -OCH3 is 1. The van der Waals surface area contributed by atoms with Gasteiger partial charge in [0.2, 0.25) is 0 Å². The lowest BCUT2D eigenvalue weighted by Crippen LogP contribution is -2.13.